The molecule has 0 aromatic heterocycles. The van der Waals surface area contributed by atoms with Crippen molar-refractivity contribution in [3.63, 3.8) is 0 Å². The van der Waals surface area contributed by atoms with Gasteiger partial charge >= 0.3 is 0 Å². The number of hydrogen-bond acceptors (Lipinski definition) is 3. The van der Waals surface area contributed by atoms with Crippen molar-refractivity contribution < 1.29 is 9.84 Å². The van der Waals surface area contributed by atoms with E-state index in [2.05, 4.69) is 28.2 Å². The summed E-state index contributed by atoms with van der Waals surface area (Å²) in [5.74, 6) is 1.01. The Bertz CT molecular complexity index is 357. The molecule has 2 N–H and O–H groups in total. The van der Waals surface area contributed by atoms with Crippen LogP contribution in [0.1, 0.15) is 25.5 Å². The number of ether oxygens (including phenoxy) is 1. The van der Waals surface area contributed by atoms with Crippen molar-refractivity contribution in [2.24, 2.45) is 5.92 Å². The summed E-state index contributed by atoms with van der Waals surface area (Å²) < 4.78 is 6.76. The van der Waals surface area contributed by atoms with Crippen LogP contribution in [-0.2, 0) is 0 Å². The second-order valence-electron chi connectivity index (χ2n) is 4.29. The van der Waals surface area contributed by atoms with Crippen molar-refractivity contribution >= 4 is 15.9 Å². The van der Waals surface area contributed by atoms with Gasteiger partial charge < -0.3 is 15.2 Å². The Labute approximate surface area is 111 Å². The van der Waals surface area contributed by atoms with E-state index in [0.29, 0.717) is 6.61 Å². The zero-order valence-electron chi connectivity index (χ0n) is 10.5. The average Bonchev–Trinajstić information content (AvgIpc) is 2.35. The van der Waals surface area contributed by atoms with Crippen LogP contribution in [0.5, 0.6) is 5.75 Å². The fourth-order valence-corrected chi connectivity index (χ4v) is 1.77. The topological polar surface area (TPSA) is 41.5 Å². The van der Waals surface area contributed by atoms with Crippen molar-refractivity contribution in [3.05, 3.63) is 28.2 Å². The number of nitrogens with one attached hydrogen (secondary N) is 1. The molecule has 0 amide bonds. The van der Waals surface area contributed by atoms with Gasteiger partial charge in [0.15, 0.2) is 0 Å². The smallest absolute Gasteiger partial charge is 0.125 e. The lowest BCUT2D eigenvalue weighted by molar-refractivity contribution is 0.173. The third-order valence-corrected chi connectivity index (χ3v) is 3.20. The summed E-state index contributed by atoms with van der Waals surface area (Å²) in [6.07, 6.45) is 0. The van der Waals surface area contributed by atoms with Gasteiger partial charge in [-0.2, -0.15) is 0 Å². The molecule has 2 atom stereocenters. The molecule has 1 rings (SSSR count). The number of halogens is 1. The highest BCUT2D eigenvalue weighted by Crippen LogP contribution is 2.28. The molecule has 0 aliphatic carbocycles. The zero-order valence-corrected chi connectivity index (χ0v) is 12.1. The minimum Gasteiger partial charge on any atom is -0.493 e. The molecule has 0 saturated carbocycles. The minimum absolute atomic E-state index is 0.144. The molecule has 0 spiro atoms. The van der Waals surface area contributed by atoms with E-state index in [0.717, 1.165) is 15.8 Å². The van der Waals surface area contributed by atoms with Crippen LogP contribution in [-0.4, -0.2) is 25.4 Å². The molecule has 0 heterocycles. The highest BCUT2D eigenvalue weighted by Gasteiger charge is 2.11. The average molecular weight is 302 g/mol. The quantitative estimate of drug-likeness (QED) is 0.849. The normalized spacial score (nSPS) is 14.4. The first-order chi connectivity index (χ1) is 8.08. The summed E-state index contributed by atoms with van der Waals surface area (Å²) in [5, 5.41) is 12.2. The molecule has 3 nitrogen and oxygen atoms in total. The van der Waals surface area contributed by atoms with Gasteiger partial charge in [0, 0.05) is 28.6 Å². The summed E-state index contributed by atoms with van der Waals surface area (Å²) in [6.45, 7) is 4.71. The maximum Gasteiger partial charge on any atom is 0.125 e. The third-order valence-electron chi connectivity index (χ3n) is 2.71. The lowest BCUT2D eigenvalue weighted by Crippen LogP contribution is -2.16. The van der Waals surface area contributed by atoms with E-state index < -0.39 is 0 Å². The van der Waals surface area contributed by atoms with Gasteiger partial charge in [-0.05, 0) is 26.1 Å². The summed E-state index contributed by atoms with van der Waals surface area (Å²) in [5.41, 5.74) is 1.13. The van der Waals surface area contributed by atoms with Crippen LogP contribution < -0.4 is 10.1 Å². The molecular formula is C13H20BrNO2. The molecule has 0 saturated heterocycles. The van der Waals surface area contributed by atoms with E-state index in [9.17, 15) is 0 Å². The number of benzene rings is 1. The van der Waals surface area contributed by atoms with Crippen LogP contribution in [0.15, 0.2) is 22.7 Å². The van der Waals surface area contributed by atoms with E-state index in [4.69, 9.17) is 9.84 Å². The van der Waals surface area contributed by atoms with Gasteiger partial charge in [0.25, 0.3) is 0 Å². The summed E-state index contributed by atoms with van der Waals surface area (Å²) in [4.78, 5) is 0. The summed E-state index contributed by atoms with van der Waals surface area (Å²) in [6, 6.07) is 6.26. The molecule has 17 heavy (non-hydrogen) atoms. The molecular weight excluding hydrogens is 282 g/mol. The summed E-state index contributed by atoms with van der Waals surface area (Å²) >= 11 is 3.44. The van der Waals surface area contributed by atoms with Crippen molar-refractivity contribution in [1.29, 1.82) is 0 Å². The molecule has 1 aromatic rings. The molecule has 0 fully saturated rings. The van der Waals surface area contributed by atoms with Gasteiger partial charge in [-0.25, -0.2) is 0 Å². The standard InChI is InChI=1S/C13H20BrNO2/c1-9(7-16)8-17-13-6-11(14)4-5-12(13)10(2)15-3/h4-6,9-10,15-16H,7-8H2,1-3H3. The highest BCUT2D eigenvalue weighted by molar-refractivity contribution is 9.10. The van der Waals surface area contributed by atoms with Crippen molar-refractivity contribution in [1.82, 2.24) is 5.32 Å². The predicted molar refractivity (Wildman–Crippen MR) is 73.4 cm³/mol. The van der Waals surface area contributed by atoms with E-state index in [1.807, 2.05) is 32.2 Å². The second-order valence-corrected chi connectivity index (χ2v) is 5.21. The zero-order chi connectivity index (χ0) is 12.8. The van der Waals surface area contributed by atoms with Crippen LogP contribution >= 0.6 is 15.9 Å². The Morgan fingerprint density at radius 1 is 1.41 bits per heavy atom. The van der Waals surface area contributed by atoms with E-state index >= 15 is 0 Å². The monoisotopic (exact) mass is 301 g/mol. The fraction of sp³-hybridized carbons (Fsp3) is 0.538. The lowest BCUT2D eigenvalue weighted by Gasteiger charge is -2.18. The van der Waals surface area contributed by atoms with Gasteiger partial charge in [0.2, 0.25) is 0 Å². The lowest BCUT2D eigenvalue weighted by atomic mass is 10.1. The summed E-state index contributed by atoms with van der Waals surface area (Å²) in [7, 11) is 1.92. The largest absolute Gasteiger partial charge is 0.493 e. The van der Waals surface area contributed by atoms with Gasteiger partial charge in [-0.15, -0.1) is 0 Å². The second kappa shape index (κ2) is 6.99. The minimum atomic E-state index is 0.144. The SMILES string of the molecule is CNC(C)c1ccc(Br)cc1OCC(C)CO. The van der Waals surface area contributed by atoms with Crippen molar-refractivity contribution in [2.75, 3.05) is 20.3 Å². The highest BCUT2D eigenvalue weighted by atomic mass is 79.9. The molecule has 1 aromatic carbocycles. The first kappa shape index (κ1) is 14.5. The number of aliphatic hydroxyl groups is 1. The maximum atomic E-state index is 8.99. The van der Waals surface area contributed by atoms with Gasteiger partial charge in [-0.3, -0.25) is 0 Å². The third kappa shape index (κ3) is 4.30. The molecule has 0 bridgehead atoms. The Morgan fingerprint density at radius 2 is 2.12 bits per heavy atom. The molecule has 4 heteroatoms. The van der Waals surface area contributed by atoms with Crippen LogP contribution in [0.25, 0.3) is 0 Å². The van der Waals surface area contributed by atoms with Gasteiger partial charge in [-0.1, -0.05) is 28.9 Å². The molecule has 0 radical (unpaired) electrons. The predicted octanol–water partition coefficient (Wildman–Crippen LogP) is 2.74. The Kier molecular flexibility index (Phi) is 5.95. The number of hydrogen-bond donors (Lipinski definition) is 2. The maximum absolute atomic E-state index is 8.99. The van der Waals surface area contributed by atoms with Crippen molar-refractivity contribution in [2.45, 2.75) is 19.9 Å². The van der Waals surface area contributed by atoms with Gasteiger partial charge in [0.1, 0.15) is 5.75 Å². The van der Waals surface area contributed by atoms with Gasteiger partial charge in [0.05, 0.1) is 6.61 Å². The number of aliphatic hydroxyl groups excluding tert-OH is 1. The van der Waals surface area contributed by atoms with Crippen LogP contribution in [0.4, 0.5) is 0 Å². The Hall–Kier alpha value is -0.580. The molecule has 96 valence electrons. The van der Waals surface area contributed by atoms with E-state index in [1.54, 1.807) is 0 Å². The van der Waals surface area contributed by atoms with Crippen LogP contribution in [0.3, 0.4) is 0 Å². The molecule has 0 aliphatic rings. The van der Waals surface area contributed by atoms with Crippen molar-refractivity contribution in [3.8, 4) is 5.75 Å². The van der Waals surface area contributed by atoms with Crippen LogP contribution in [0.2, 0.25) is 0 Å². The molecule has 0 aliphatic heterocycles. The van der Waals surface area contributed by atoms with E-state index in [-0.39, 0.29) is 18.6 Å². The Balaban J connectivity index is 2.83. The number of rotatable bonds is 6. The molecule has 2 unspecified atom stereocenters. The Morgan fingerprint density at radius 3 is 2.71 bits per heavy atom. The first-order valence-corrected chi connectivity index (χ1v) is 6.58. The first-order valence-electron chi connectivity index (χ1n) is 5.78. The van der Waals surface area contributed by atoms with Crippen LogP contribution in [0, 0.1) is 5.92 Å². The van der Waals surface area contributed by atoms with E-state index in [1.165, 1.54) is 0 Å². The fourth-order valence-electron chi connectivity index (χ4n) is 1.43.